The highest BCUT2D eigenvalue weighted by molar-refractivity contribution is 4.94. The minimum absolute atomic E-state index is 0.0548. The zero-order valence-corrected chi connectivity index (χ0v) is 11.6. The quantitative estimate of drug-likeness (QED) is 0.790. The number of nitriles is 1. The Hall–Kier alpha value is -0.630. The van der Waals surface area contributed by atoms with Gasteiger partial charge in [0.2, 0.25) is 0 Å². The van der Waals surface area contributed by atoms with Crippen LogP contribution in [0.25, 0.3) is 0 Å². The van der Waals surface area contributed by atoms with Gasteiger partial charge >= 0.3 is 0 Å². The molecule has 1 aliphatic rings. The second-order valence-electron chi connectivity index (χ2n) is 5.46. The average molecular weight is 238 g/mol. The summed E-state index contributed by atoms with van der Waals surface area (Å²) >= 11 is 0. The van der Waals surface area contributed by atoms with Crippen LogP contribution in [0.15, 0.2) is 0 Å². The summed E-state index contributed by atoms with van der Waals surface area (Å²) in [4.78, 5) is 4.81. The van der Waals surface area contributed by atoms with Crippen LogP contribution < -0.4 is 5.32 Å². The van der Waals surface area contributed by atoms with Crippen molar-refractivity contribution in [2.45, 2.75) is 45.3 Å². The van der Waals surface area contributed by atoms with Crippen molar-refractivity contribution in [1.82, 2.24) is 15.1 Å². The van der Waals surface area contributed by atoms with Crippen LogP contribution in [0.2, 0.25) is 0 Å². The Morgan fingerprint density at radius 1 is 1.41 bits per heavy atom. The number of nitrogens with zero attached hydrogens (tertiary/aromatic N) is 3. The van der Waals surface area contributed by atoms with Gasteiger partial charge in [-0.15, -0.1) is 0 Å². The molecule has 0 spiro atoms. The average Bonchev–Trinajstić information content (AvgIpc) is 2.39. The van der Waals surface area contributed by atoms with Gasteiger partial charge in [0.25, 0.3) is 0 Å². The first-order valence-electron chi connectivity index (χ1n) is 6.61. The normalized spacial score (nSPS) is 25.5. The van der Waals surface area contributed by atoms with Gasteiger partial charge in [0.05, 0.1) is 6.07 Å². The molecule has 0 aromatic carbocycles. The van der Waals surface area contributed by atoms with E-state index in [0.29, 0.717) is 12.1 Å². The molecule has 4 nitrogen and oxygen atoms in total. The fourth-order valence-corrected chi connectivity index (χ4v) is 2.46. The molecule has 2 unspecified atom stereocenters. The van der Waals surface area contributed by atoms with Crippen LogP contribution in [-0.2, 0) is 0 Å². The summed E-state index contributed by atoms with van der Waals surface area (Å²) in [7, 11) is 2.17. The van der Waals surface area contributed by atoms with E-state index in [9.17, 15) is 0 Å². The fourth-order valence-electron chi connectivity index (χ4n) is 2.46. The highest BCUT2D eigenvalue weighted by Gasteiger charge is 2.22. The number of hydrogen-bond acceptors (Lipinski definition) is 4. The molecular formula is C13H26N4. The molecule has 2 atom stereocenters. The van der Waals surface area contributed by atoms with Crippen LogP contribution in [0.3, 0.4) is 0 Å². The molecule has 1 saturated heterocycles. The van der Waals surface area contributed by atoms with E-state index >= 15 is 0 Å². The molecule has 1 heterocycles. The summed E-state index contributed by atoms with van der Waals surface area (Å²) in [5.41, 5.74) is 0. The molecule has 0 saturated carbocycles. The van der Waals surface area contributed by atoms with Gasteiger partial charge < -0.3 is 4.90 Å². The van der Waals surface area contributed by atoms with Crippen molar-refractivity contribution in [3.05, 3.63) is 0 Å². The molecule has 4 heteroatoms. The molecule has 0 radical (unpaired) electrons. The Morgan fingerprint density at radius 2 is 2.12 bits per heavy atom. The molecular weight excluding hydrogens is 212 g/mol. The predicted octanol–water partition coefficient (Wildman–Crippen LogP) is 0.903. The first-order chi connectivity index (χ1) is 8.02. The Labute approximate surface area is 106 Å². The third kappa shape index (κ3) is 5.03. The standard InChI is InChI=1S/C13H26N4/c1-11(2)15-13(8-14)10-17-7-5-6-16(4)9-12(17)3/h11-13,15H,5-7,9-10H2,1-4H3. The van der Waals surface area contributed by atoms with Crippen molar-refractivity contribution in [1.29, 1.82) is 5.26 Å². The van der Waals surface area contributed by atoms with Gasteiger partial charge in [-0.3, -0.25) is 10.2 Å². The van der Waals surface area contributed by atoms with Gasteiger partial charge in [-0.2, -0.15) is 5.26 Å². The SMILES string of the molecule is CC(C)NC(C#N)CN1CCCN(C)CC1C. The topological polar surface area (TPSA) is 42.3 Å². The first kappa shape index (κ1) is 14.4. The largest absolute Gasteiger partial charge is 0.305 e. The van der Waals surface area contributed by atoms with Crippen LogP contribution in [0, 0.1) is 11.3 Å². The highest BCUT2D eigenvalue weighted by atomic mass is 15.2. The minimum atomic E-state index is -0.0548. The molecule has 0 amide bonds. The van der Waals surface area contributed by atoms with Crippen LogP contribution in [0.1, 0.15) is 27.2 Å². The van der Waals surface area contributed by atoms with Crippen LogP contribution in [0.4, 0.5) is 0 Å². The van der Waals surface area contributed by atoms with E-state index in [4.69, 9.17) is 5.26 Å². The fraction of sp³-hybridized carbons (Fsp3) is 0.923. The van der Waals surface area contributed by atoms with Crippen molar-refractivity contribution >= 4 is 0 Å². The smallest absolute Gasteiger partial charge is 0.108 e. The zero-order valence-electron chi connectivity index (χ0n) is 11.6. The van der Waals surface area contributed by atoms with Crippen LogP contribution >= 0.6 is 0 Å². The molecule has 0 aromatic heterocycles. The van der Waals surface area contributed by atoms with Crippen molar-refractivity contribution in [3.63, 3.8) is 0 Å². The lowest BCUT2D eigenvalue weighted by atomic mass is 10.2. The maximum absolute atomic E-state index is 9.16. The van der Waals surface area contributed by atoms with E-state index in [0.717, 1.165) is 26.2 Å². The predicted molar refractivity (Wildman–Crippen MR) is 70.8 cm³/mol. The van der Waals surface area contributed by atoms with Gasteiger partial charge in [0.15, 0.2) is 0 Å². The minimum Gasteiger partial charge on any atom is -0.305 e. The Bertz CT molecular complexity index is 259. The molecule has 1 rings (SSSR count). The van der Waals surface area contributed by atoms with E-state index in [1.807, 2.05) is 0 Å². The van der Waals surface area contributed by atoms with Gasteiger partial charge in [-0.1, -0.05) is 0 Å². The third-order valence-corrected chi connectivity index (χ3v) is 3.29. The monoisotopic (exact) mass is 238 g/mol. The lowest BCUT2D eigenvalue weighted by molar-refractivity contribution is 0.190. The van der Waals surface area contributed by atoms with Crippen molar-refractivity contribution in [2.24, 2.45) is 0 Å². The molecule has 98 valence electrons. The lowest BCUT2D eigenvalue weighted by Gasteiger charge is -2.30. The van der Waals surface area contributed by atoms with Gasteiger partial charge in [-0.05, 0) is 47.3 Å². The van der Waals surface area contributed by atoms with Gasteiger partial charge in [-0.25, -0.2) is 0 Å². The summed E-state index contributed by atoms with van der Waals surface area (Å²) in [6.07, 6.45) is 1.20. The summed E-state index contributed by atoms with van der Waals surface area (Å²) < 4.78 is 0. The third-order valence-electron chi connectivity index (χ3n) is 3.29. The van der Waals surface area contributed by atoms with Crippen molar-refractivity contribution in [3.8, 4) is 6.07 Å². The number of hydrogen-bond donors (Lipinski definition) is 1. The number of likely N-dealkylation sites (N-methyl/N-ethyl adjacent to an activating group) is 1. The van der Waals surface area contributed by atoms with E-state index in [1.165, 1.54) is 6.42 Å². The molecule has 0 aromatic rings. The molecule has 1 fully saturated rings. The molecule has 17 heavy (non-hydrogen) atoms. The molecule has 1 aliphatic heterocycles. The van der Waals surface area contributed by atoms with Crippen LogP contribution in [0.5, 0.6) is 0 Å². The molecule has 0 aliphatic carbocycles. The lowest BCUT2D eigenvalue weighted by Crippen LogP contribution is -2.47. The van der Waals surface area contributed by atoms with E-state index < -0.39 is 0 Å². The van der Waals surface area contributed by atoms with E-state index in [2.05, 4.69) is 49.0 Å². The van der Waals surface area contributed by atoms with Crippen molar-refractivity contribution in [2.75, 3.05) is 33.2 Å². The second kappa shape index (κ2) is 6.95. The first-order valence-corrected chi connectivity index (χ1v) is 6.61. The number of nitrogens with one attached hydrogen (secondary N) is 1. The Morgan fingerprint density at radius 3 is 2.71 bits per heavy atom. The highest BCUT2D eigenvalue weighted by Crippen LogP contribution is 2.09. The van der Waals surface area contributed by atoms with Gasteiger partial charge in [0, 0.05) is 25.2 Å². The summed E-state index contributed by atoms with van der Waals surface area (Å²) in [5.74, 6) is 0. The zero-order chi connectivity index (χ0) is 12.8. The summed E-state index contributed by atoms with van der Waals surface area (Å²) in [5, 5.41) is 12.5. The van der Waals surface area contributed by atoms with E-state index in [-0.39, 0.29) is 6.04 Å². The maximum Gasteiger partial charge on any atom is 0.108 e. The Balaban J connectivity index is 2.50. The van der Waals surface area contributed by atoms with Gasteiger partial charge in [0.1, 0.15) is 6.04 Å². The maximum atomic E-state index is 9.16. The van der Waals surface area contributed by atoms with Crippen molar-refractivity contribution < 1.29 is 0 Å². The molecule has 1 N–H and O–H groups in total. The number of rotatable bonds is 4. The summed E-state index contributed by atoms with van der Waals surface area (Å²) in [6, 6.07) is 3.21. The summed E-state index contributed by atoms with van der Waals surface area (Å²) in [6.45, 7) is 10.6. The molecule has 0 bridgehead atoms. The van der Waals surface area contributed by atoms with E-state index in [1.54, 1.807) is 0 Å². The second-order valence-corrected chi connectivity index (χ2v) is 5.46. The van der Waals surface area contributed by atoms with Crippen LogP contribution in [-0.4, -0.2) is 61.2 Å². The Kier molecular flexibility index (Phi) is 5.90.